The number of halogens is 3. The summed E-state index contributed by atoms with van der Waals surface area (Å²) in [5.41, 5.74) is 0. The van der Waals surface area contributed by atoms with E-state index >= 15 is 0 Å². The van der Waals surface area contributed by atoms with Gasteiger partial charge in [-0.25, -0.2) is 4.79 Å². The summed E-state index contributed by atoms with van der Waals surface area (Å²) in [7, 11) is 0. The number of ether oxygens (including phenoxy) is 3. The number of carbonyl (C=O) groups is 1. The van der Waals surface area contributed by atoms with Crippen LogP contribution in [0.4, 0.5) is 18.0 Å². The molecule has 10 nitrogen and oxygen atoms in total. The Morgan fingerprint density at radius 1 is 1.16 bits per heavy atom. The van der Waals surface area contributed by atoms with Crippen molar-refractivity contribution < 1.29 is 32.2 Å². The standard InChI is InChI=1S/C18H33F3N6O4/c1-3-29-17(28)27-8-6-26(7-9-27)15-23-14(22-10-13-5-4-12(2)31-13)24-16(25-15)30-11-18(19,20)21/h12-16,22-25H,3-11H2,1-2H3. The summed E-state index contributed by atoms with van der Waals surface area (Å²) in [6.45, 7) is 5.28. The third kappa shape index (κ3) is 7.70. The Morgan fingerprint density at radius 3 is 2.52 bits per heavy atom. The summed E-state index contributed by atoms with van der Waals surface area (Å²) in [6, 6.07) is 0. The molecule has 3 fully saturated rings. The zero-order valence-corrected chi connectivity index (χ0v) is 17.9. The number of nitrogens with zero attached hydrogens (tertiary/aromatic N) is 2. The largest absolute Gasteiger partial charge is 0.450 e. The fourth-order valence-corrected chi connectivity index (χ4v) is 3.86. The maximum Gasteiger partial charge on any atom is 0.411 e. The summed E-state index contributed by atoms with van der Waals surface area (Å²) in [4.78, 5) is 15.5. The van der Waals surface area contributed by atoms with Crippen LogP contribution in [0.1, 0.15) is 26.7 Å². The van der Waals surface area contributed by atoms with E-state index in [1.54, 1.807) is 11.8 Å². The topological polar surface area (TPSA) is 99.4 Å². The van der Waals surface area contributed by atoms with Crippen LogP contribution in [0, 0.1) is 0 Å². The molecule has 0 saturated carbocycles. The monoisotopic (exact) mass is 454 g/mol. The van der Waals surface area contributed by atoms with Crippen LogP contribution in [0.5, 0.6) is 0 Å². The van der Waals surface area contributed by atoms with Crippen molar-refractivity contribution in [1.29, 1.82) is 0 Å². The maximum atomic E-state index is 12.6. The fraction of sp³-hybridized carbons (Fsp3) is 0.944. The molecule has 3 aliphatic heterocycles. The summed E-state index contributed by atoms with van der Waals surface area (Å²) < 4.78 is 53.8. The highest BCUT2D eigenvalue weighted by atomic mass is 19.4. The molecule has 0 aromatic rings. The zero-order valence-electron chi connectivity index (χ0n) is 17.9. The van der Waals surface area contributed by atoms with Crippen LogP contribution >= 0.6 is 0 Å². The molecular formula is C18H33F3N6O4. The fourth-order valence-electron chi connectivity index (χ4n) is 3.86. The van der Waals surface area contributed by atoms with Gasteiger partial charge in [0.1, 0.15) is 19.2 Å². The van der Waals surface area contributed by atoms with Crippen LogP contribution in [-0.2, 0) is 14.2 Å². The van der Waals surface area contributed by atoms with Crippen molar-refractivity contribution in [3.8, 4) is 0 Å². The third-order valence-electron chi connectivity index (χ3n) is 5.44. The predicted molar refractivity (Wildman–Crippen MR) is 105 cm³/mol. The number of rotatable bonds is 7. The van der Waals surface area contributed by atoms with Gasteiger partial charge in [0.15, 0.2) is 6.35 Å². The Morgan fingerprint density at radius 2 is 1.90 bits per heavy atom. The van der Waals surface area contributed by atoms with Crippen LogP contribution in [0.3, 0.4) is 0 Å². The minimum absolute atomic E-state index is 0.0644. The van der Waals surface area contributed by atoms with E-state index < -0.39 is 31.7 Å². The van der Waals surface area contributed by atoms with Crippen LogP contribution in [0.25, 0.3) is 0 Å². The minimum atomic E-state index is -4.42. The first-order valence-corrected chi connectivity index (χ1v) is 10.7. The van der Waals surface area contributed by atoms with Gasteiger partial charge in [0.2, 0.25) is 0 Å². The first kappa shape index (κ1) is 24.4. The molecule has 0 spiro atoms. The van der Waals surface area contributed by atoms with E-state index in [9.17, 15) is 18.0 Å². The second kappa shape index (κ2) is 11.1. The van der Waals surface area contributed by atoms with Gasteiger partial charge in [-0.2, -0.15) is 13.2 Å². The van der Waals surface area contributed by atoms with Gasteiger partial charge in [0, 0.05) is 32.7 Å². The molecule has 1 amide bonds. The summed E-state index contributed by atoms with van der Waals surface area (Å²) in [6.07, 6.45) is -4.50. The molecule has 0 radical (unpaired) electrons. The van der Waals surface area contributed by atoms with Crippen molar-refractivity contribution in [3.05, 3.63) is 0 Å². The lowest BCUT2D eigenvalue weighted by Crippen LogP contribution is -2.76. The Balaban J connectivity index is 1.54. The van der Waals surface area contributed by atoms with Crippen molar-refractivity contribution in [2.45, 2.75) is 64.0 Å². The van der Waals surface area contributed by atoms with E-state index in [1.807, 2.05) is 11.8 Å². The quantitative estimate of drug-likeness (QED) is 0.428. The number of piperazine rings is 1. The second-order valence-electron chi connectivity index (χ2n) is 7.92. The van der Waals surface area contributed by atoms with Gasteiger partial charge in [0.25, 0.3) is 0 Å². The molecule has 0 aromatic heterocycles. The van der Waals surface area contributed by atoms with Gasteiger partial charge in [-0.15, -0.1) is 0 Å². The number of amides is 1. The van der Waals surface area contributed by atoms with Crippen molar-refractivity contribution >= 4 is 6.09 Å². The Kier molecular flexibility index (Phi) is 8.73. The van der Waals surface area contributed by atoms with E-state index in [-0.39, 0.29) is 18.3 Å². The van der Waals surface area contributed by atoms with E-state index in [0.29, 0.717) is 39.3 Å². The molecule has 0 aromatic carbocycles. The second-order valence-corrected chi connectivity index (χ2v) is 7.92. The predicted octanol–water partition coefficient (Wildman–Crippen LogP) is 0.130. The molecule has 0 bridgehead atoms. The zero-order chi connectivity index (χ0) is 22.4. The van der Waals surface area contributed by atoms with Crippen LogP contribution in [-0.4, -0.2) is 99.1 Å². The Bertz CT molecular complexity index is 579. The molecule has 31 heavy (non-hydrogen) atoms. The van der Waals surface area contributed by atoms with Crippen LogP contribution < -0.4 is 21.3 Å². The molecule has 3 heterocycles. The first-order valence-electron chi connectivity index (χ1n) is 10.7. The lowest BCUT2D eigenvalue weighted by Gasteiger charge is -2.45. The van der Waals surface area contributed by atoms with Crippen molar-refractivity contribution in [1.82, 2.24) is 31.1 Å². The van der Waals surface area contributed by atoms with Gasteiger partial charge < -0.3 is 19.1 Å². The molecule has 0 aliphatic carbocycles. The van der Waals surface area contributed by atoms with Crippen LogP contribution in [0.2, 0.25) is 0 Å². The average Bonchev–Trinajstić information content (AvgIpc) is 3.16. The molecule has 5 atom stereocenters. The maximum absolute atomic E-state index is 12.6. The van der Waals surface area contributed by atoms with E-state index in [2.05, 4.69) is 21.3 Å². The number of hydrogen-bond acceptors (Lipinski definition) is 9. The Labute approximate surface area is 180 Å². The SMILES string of the molecule is CCOC(=O)N1CCN(C2NC(NCC3CCC(C)O3)NC(OCC(F)(F)F)N2)CC1. The lowest BCUT2D eigenvalue weighted by molar-refractivity contribution is -0.202. The molecule has 3 rings (SSSR count). The van der Waals surface area contributed by atoms with Gasteiger partial charge in [-0.05, 0) is 26.7 Å². The number of carbonyl (C=O) groups excluding carboxylic acids is 1. The van der Waals surface area contributed by atoms with Gasteiger partial charge in [0.05, 0.1) is 18.8 Å². The average molecular weight is 454 g/mol. The number of nitrogens with one attached hydrogen (secondary N) is 4. The Hall–Kier alpha value is -1.22. The highest BCUT2D eigenvalue weighted by molar-refractivity contribution is 5.67. The van der Waals surface area contributed by atoms with Crippen molar-refractivity contribution in [2.75, 3.05) is 45.9 Å². The minimum Gasteiger partial charge on any atom is -0.450 e. The van der Waals surface area contributed by atoms with E-state index in [0.717, 1.165) is 12.8 Å². The van der Waals surface area contributed by atoms with E-state index in [1.165, 1.54) is 0 Å². The van der Waals surface area contributed by atoms with Crippen molar-refractivity contribution in [3.63, 3.8) is 0 Å². The molecule has 5 unspecified atom stereocenters. The molecule has 13 heteroatoms. The summed E-state index contributed by atoms with van der Waals surface area (Å²) in [5, 5.41) is 12.5. The summed E-state index contributed by atoms with van der Waals surface area (Å²) in [5.74, 6) is 0. The lowest BCUT2D eigenvalue weighted by atomic mass is 10.2. The van der Waals surface area contributed by atoms with Crippen molar-refractivity contribution in [2.24, 2.45) is 0 Å². The molecular weight excluding hydrogens is 421 g/mol. The first-order chi connectivity index (χ1) is 14.7. The molecule has 180 valence electrons. The summed E-state index contributed by atoms with van der Waals surface area (Å²) >= 11 is 0. The molecule has 4 N–H and O–H groups in total. The smallest absolute Gasteiger partial charge is 0.411 e. The molecule has 3 saturated heterocycles. The van der Waals surface area contributed by atoms with Gasteiger partial charge in [-0.3, -0.25) is 26.2 Å². The number of hydrogen-bond donors (Lipinski definition) is 4. The van der Waals surface area contributed by atoms with Gasteiger partial charge in [-0.1, -0.05) is 0 Å². The van der Waals surface area contributed by atoms with Crippen LogP contribution in [0.15, 0.2) is 0 Å². The van der Waals surface area contributed by atoms with Gasteiger partial charge >= 0.3 is 12.3 Å². The van der Waals surface area contributed by atoms with E-state index in [4.69, 9.17) is 14.2 Å². The normalized spacial score (nSPS) is 32.9. The highest BCUT2D eigenvalue weighted by Crippen LogP contribution is 2.19. The molecule has 3 aliphatic rings. The third-order valence-corrected chi connectivity index (χ3v) is 5.44. The highest BCUT2D eigenvalue weighted by Gasteiger charge is 2.36. The number of alkyl halides is 3.